The van der Waals surface area contributed by atoms with Crippen LogP contribution >= 0.6 is 11.8 Å². The fourth-order valence-corrected chi connectivity index (χ4v) is 7.11. The van der Waals surface area contributed by atoms with Gasteiger partial charge in [0.25, 0.3) is 5.89 Å². The number of rotatable bonds is 8. The van der Waals surface area contributed by atoms with Crippen LogP contribution in [0.5, 0.6) is 0 Å². The lowest BCUT2D eigenvalue weighted by molar-refractivity contribution is -0.124. The molecule has 1 aromatic carbocycles. The maximum absolute atomic E-state index is 12.9. The van der Waals surface area contributed by atoms with E-state index in [2.05, 4.69) is 15.5 Å². The van der Waals surface area contributed by atoms with Crippen LogP contribution in [0, 0.1) is 17.8 Å². The molecule has 0 unspecified atom stereocenters. The van der Waals surface area contributed by atoms with Crippen LogP contribution in [0.2, 0.25) is 0 Å². The molecule has 7 nitrogen and oxygen atoms in total. The number of hydrogen-bond acceptors (Lipinski definition) is 7. The molecular weight excluding hydrogens is 438 g/mol. The zero-order chi connectivity index (χ0) is 23.0. The quantitative estimate of drug-likeness (QED) is 0.441. The summed E-state index contributed by atoms with van der Waals surface area (Å²) in [6.07, 6.45) is 7.44. The molecule has 4 fully saturated rings. The van der Waals surface area contributed by atoms with E-state index in [1.54, 1.807) is 12.1 Å². The first-order valence-electron chi connectivity index (χ1n) is 11.9. The van der Waals surface area contributed by atoms with Crippen LogP contribution < -0.4 is 5.32 Å². The Balaban J connectivity index is 1.17. The lowest BCUT2D eigenvalue weighted by Gasteiger charge is -2.56. The van der Waals surface area contributed by atoms with Crippen molar-refractivity contribution in [2.24, 2.45) is 17.8 Å². The number of aromatic nitrogens is 2. The third-order valence-electron chi connectivity index (χ3n) is 7.24. The zero-order valence-electron chi connectivity index (χ0n) is 19.2. The fraction of sp³-hybridized carbons (Fsp3) is 0.600. The summed E-state index contributed by atoms with van der Waals surface area (Å²) < 4.78 is 10.5. The highest BCUT2D eigenvalue weighted by atomic mass is 32.2. The first-order valence-corrected chi connectivity index (χ1v) is 12.9. The molecule has 4 aliphatic rings. The van der Waals surface area contributed by atoms with E-state index in [1.807, 2.05) is 26.0 Å². The number of carbonyl (C=O) groups is 2. The molecule has 0 aliphatic heterocycles. The number of amides is 1. The van der Waals surface area contributed by atoms with E-state index < -0.39 is 5.97 Å². The Morgan fingerprint density at radius 1 is 1.15 bits per heavy atom. The second-order valence-electron chi connectivity index (χ2n) is 10.3. The smallest absolute Gasteiger partial charge is 0.339 e. The van der Waals surface area contributed by atoms with Gasteiger partial charge >= 0.3 is 5.97 Å². The molecule has 33 heavy (non-hydrogen) atoms. The zero-order valence-corrected chi connectivity index (χ0v) is 20.0. The topological polar surface area (TPSA) is 94.3 Å². The first kappa shape index (κ1) is 22.4. The average Bonchev–Trinajstić information content (AvgIpc) is 3.24. The third kappa shape index (κ3) is 4.95. The van der Waals surface area contributed by atoms with E-state index in [4.69, 9.17) is 9.26 Å². The summed E-state index contributed by atoms with van der Waals surface area (Å²) in [5.74, 6) is 3.23. The molecule has 8 heteroatoms. The summed E-state index contributed by atoms with van der Waals surface area (Å²) in [6, 6.07) is 7.22. The minimum absolute atomic E-state index is 0.00373. The van der Waals surface area contributed by atoms with Crippen molar-refractivity contribution < 1.29 is 18.8 Å². The number of esters is 1. The number of ether oxygens (including phenoxy) is 1. The van der Waals surface area contributed by atoms with Crippen LogP contribution in [0.3, 0.4) is 0 Å². The van der Waals surface area contributed by atoms with Gasteiger partial charge in [-0.3, -0.25) is 4.79 Å². The number of carbonyl (C=O) groups excluding carboxylic acids is 2. The molecule has 0 saturated heterocycles. The Hall–Kier alpha value is -2.35. The summed E-state index contributed by atoms with van der Waals surface area (Å²) in [4.78, 5) is 30.5. The Bertz CT molecular complexity index is 999. The van der Waals surface area contributed by atoms with Crippen LogP contribution in [0.25, 0.3) is 0 Å². The second kappa shape index (κ2) is 9.12. The molecule has 0 atom stereocenters. The second-order valence-corrected chi connectivity index (χ2v) is 11.3. The fourth-order valence-electron chi connectivity index (χ4n) is 6.27. The predicted molar refractivity (Wildman–Crippen MR) is 124 cm³/mol. The maximum atomic E-state index is 12.9. The van der Waals surface area contributed by atoms with E-state index in [0.717, 1.165) is 41.9 Å². The van der Waals surface area contributed by atoms with Gasteiger partial charge in [0.1, 0.15) is 0 Å². The van der Waals surface area contributed by atoms with Crippen molar-refractivity contribution in [3.63, 3.8) is 0 Å². The average molecular weight is 470 g/mol. The maximum Gasteiger partial charge on any atom is 0.339 e. The monoisotopic (exact) mass is 469 g/mol. The molecule has 4 bridgehead atoms. The molecule has 4 saturated carbocycles. The molecule has 0 spiro atoms. The molecule has 1 N–H and O–H groups in total. The molecule has 0 radical (unpaired) electrons. The minimum Gasteiger partial charge on any atom is -0.452 e. The molecule has 4 aliphatic carbocycles. The van der Waals surface area contributed by atoms with E-state index >= 15 is 0 Å². The van der Waals surface area contributed by atoms with Crippen LogP contribution in [0.15, 0.2) is 33.7 Å². The van der Waals surface area contributed by atoms with Gasteiger partial charge in [-0.25, -0.2) is 4.79 Å². The largest absolute Gasteiger partial charge is 0.452 e. The number of benzene rings is 1. The highest BCUT2D eigenvalue weighted by Crippen LogP contribution is 2.55. The Morgan fingerprint density at radius 3 is 2.45 bits per heavy atom. The van der Waals surface area contributed by atoms with Crippen LogP contribution in [0.4, 0.5) is 0 Å². The van der Waals surface area contributed by atoms with Gasteiger partial charge in [-0.1, -0.05) is 31.1 Å². The summed E-state index contributed by atoms with van der Waals surface area (Å²) in [7, 11) is 0. The van der Waals surface area contributed by atoms with Gasteiger partial charge in [0, 0.05) is 16.4 Å². The molecule has 6 rings (SSSR count). The van der Waals surface area contributed by atoms with Crippen LogP contribution in [-0.2, 0) is 16.1 Å². The van der Waals surface area contributed by atoms with E-state index in [0.29, 0.717) is 11.4 Å². The van der Waals surface area contributed by atoms with Crippen molar-refractivity contribution in [3.05, 3.63) is 41.5 Å². The standard InChI is InChI=1S/C25H31N3O4S/c1-15(2)23-26-22(32-28-23)13-31-24(30)19-5-3-4-6-20(19)33-14-21(29)27-25-10-16-7-17(11-25)9-18(8-16)12-25/h3-6,15-18H,7-14H2,1-2H3,(H,27,29). The first-order chi connectivity index (χ1) is 15.9. The van der Waals surface area contributed by atoms with Gasteiger partial charge in [-0.05, 0) is 68.4 Å². The van der Waals surface area contributed by atoms with Gasteiger partial charge in [-0.2, -0.15) is 4.98 Å². The van der Waals surface area contributed by atoms with Gasteiger partial charge < -0.3 is 14.6 Å². The lowest BCUT2D eigenvalue weighted by Crippen LogP contribution is -2.60. The predicted octanol–water partition coefficient (Wildman–Crippen LogP) is 4.73. The normalized spacial score (nSPS) is 27.7. The third-order valence-corrected chi connectivity index (χ3v) is 8.31. The molecule has 1 amide bonds. The van der Waals surface area contributed by atoms with Crippen molar-refractivity contribution in [2.75, 3.05) is 5.75 Å². The van der Waals surface area contributed by atoms with Crippen LogP contribution in [0.1, 0.15) is 80.4 Å². The molecular formula is C25H31N3O4S. The molecule has 2 aromatic rings. The van der Waals surface area contributed by atoms with Crippen molar-refractivity contribution in [1.29, 1.82) is 0 Å². The molecule has 1 heterocycles. The van der Waals surface area contributed by atoms with E-state index in [9.17, 15) is 9.59 Å². The Morgan fingerprint density at radius 2 is 1.82 bits per heavy atom. The van der Waals surface area contributed by atoms with Crippen LogP contribution in [-0.4, -0.2) is 33.3 Å². The number of hydrogen-bond donors (Lipinski definition) is 1. The SMILES string of the molecule is CC(C)c1noc(COC(=O)c2ccccc2SCC(=O)NC23CC4CC(CC(C4)C2)C3)n1. The van der Waals surface area contributed by atoms with Crippen molar-refractivity contribution in [3.8, 4) is 0 Å². The summed E-state index contributed by atoms with van der Waals surface area (Å²) in [6.45, 7) is 3.85. The van der Waals surface area contributed by atoms with Gasteiger partial charge in [0.05, 0.1) is 11.3 Å². The van der Waals surface area contributed by atoms with Gasteiger partial charge in [0.15, 0.2) is 12.4 Å². The highest BCUT2D eigenvalue weighted by molar-refractivity contribution is 8.00. The number of thioether (sulfide) groups is 1. The Kier molecular flexibility index (Phi) is 6.20. The minimum atomic E-state index is -0.469. The summed E-state index contributed by atoms with van der Waals surface area (Å²) >= 11 is 1.38. The highest BCUT2D eigenvalue weighted by Gasteiger charge is 2.51. The number of nitrogens with one attached hydrogen (secondary N) is 1. The van der Waals surface area contributed by atoms with E-state index in [1.165, 1.54) is 31.0 Å². The summed E-state index contributed by atoms with van der Waals surface area (Å²) in [5, 5.41) is 7.28. The lowest BCUT2D eigenvalue weighted by atomic mass is 9.53. The summed E-state index contributed by atoms with van der Waals surface area (Å²) in [5.41, 5.74) is 0.442. The van der Waals surface area contributed by atoms with Gasteiger partial charge in [-0.15, -0.1) is 11.8 Å². The van der Waals surface area contributed by atoms with Gasteiger partial charge in [0.2, 0.25) is 5.91 Å². The van der Waals surface area contributed by atoms with E-state index in [-0.39, 0.29) is 35.6 Å². The molecule has 1 aromatic heterocycles. The molecule has 176 valence electrons. The van der Waals surface area contributed by atoms with Crippen molar-refractivity contribution >= 4 is 23.6 Å². The van der Waals surface area contributed by atoms with Crippen molar-refractivity contribution in [2.45, 2.75) is 75.3 Å². The Labute approximate surface area is 198 Å². The van der Waals surface area contributed by atoms with Crippen molar-refractivity contribution in [1.82, 2.24) is 15.5 Å². The number of nitrogens with zero attached hydrogens (tertiary/aromatic N) is 2.